The Balaban J connectivity index is 2.00. The number of carbonyl (C=O) groups is 1. The summed E-state index contributed by atoms with van der Waals surface area (Å²) in [4.78, 5) is 21.9. The van der Waals surface area contributed by atoms with Crippen LogP contribution in [0.3, 0.4) is 0 Å². The molecule has 0 radical (unpaired) electrons. The molecule has 7 heteroatoms. The number of amides is 1. The quantitative estimate of drug-likeness (QED) is 0.678. The summed E-state index contributed by atoms with van der Waals surface area (Å²) in [5.41, 5.74) is 0.109. The lowest BCUT2D eigenvalue weighted by molar-refractivity contribution is -0.384. The molecule has 2 rings (SSSR count). The maximum Gasteiger partial charge on any atom is 0.287 e. The van der Waals surface area contributed by atoms with Crippen molar-refractivity contribution >= 4 is 23.2 Å². The van der Waals surface area contributed by atoms with E-state index >= 15 is 0 Å². The van der Waals surface area contributed by atoms with E-state index in [0.717, 1.165) is 12.8 Å². The average Bonchev–Trinajstić information content (AvgIpc) is 2.32. The molecule has 1 amide bonds. The second kappa shape index (κ2) is 5.54. The summed E-state index contributed by atoms with van der Waals surface area (Å²) in [5.74, 6) is -0.281. The minimum atomic E-state index is -0.584. The van der Waals surface area contributed by atoms with Crippen LogP contribution in [-0.2, 0) is 4.74 Å². The van der Waals surface area contributed by atoms with Crippen molar-refractivity contribution in [1.29, 1.82) is 0 Å². The average molecular weight is 285 g/mol. The zero-order valence-corrected chi connectivity index (χ0v) is 11.0. The minimum Gasteiger partial charge on any atom is -0.381 e. The molecule has 102 valence electrons. The van der Waals surface area contributed by atoms with E-state index in [9.17, 15) is 14.9 Å². The van der Waals surface area contributed by atoms with Crippen LogP contribution in [0.4, 0.5) is 5.69 Å². The molecule has 1 aromatic rings. The fraction of sp³-hybridized carbons (Fsp3) is 0.417. The van der Waals surface area contributed by atoms with E-state index in [0.29, 0.717) is 5.56 Å². The Hall–Kier alpha value is -1.66. The van der Waals surface area contributed by atoms with Gasteiger partial charge in [0.1, 0.15) is 5.02 Å². The summed E-state index contributed by atoms with van der Waals surface area (Å²) in [6.45, 7) is 0. The lowest BCUT2D eigenvalue weighted by atomic mass is 9.89. The van der Waals surface area contributed by atoms with Gasteiger partial charge in [-0.25, -0.2) is 0 Å². The number of rotatable bonds is 4. The number of hydrogen-bond donors (Lipinski definition) is 1. The van der Waals surface area contributed by atoms with Gasteiger partial charge in [-0.1, -0.05) is 11.6 Å². The highest BCUT2D eigenvalue weighted by Gasteiger charge is 2.30. The number of nitrogens with zero attached hydrogens (tertiary/aromatic N) is 1. The van der Waals surface area contributed by atoms with E-state index in [1.807, 2.05) is 0 Å². The molecular weight excluding hydrogens is 272 g/mol. The van der Waals surface area contributed by atoms with Crippen LogP contribution in [0.2, 0.25) is 5.02 Å². The Labute approximate surface area is 114 Å². The number of benzene rings is 1. The highest BCUT2D eigenvalue weighted by molar-refractivity contribution is 6.33. The van der Waals surface area contributed by atoms with Crippen molar-refractivity contribution < 1.29 is 14.5 Å². The predicted molar refractivity (Wildman–Crippen MR) is 69.4 cm³/mol. The van der Waals surface area contributed by atoms with E-state index in [2.05, 4.69) is 5.32 Å². The minimum absolute atomic E-state index is 0.0407. The molecule has 1 aliphatic carbocycles. The molecule has 0 atom stereocenters. The third kappa shape index (κ3) is 3.02. The molecule has 0 aliphatic heterocycles. The zero-order chi connectivity index (χ0) is 14.0. The summed E-state index contributed by atoms with van der Waals surface area (Å²) in [5, 5.41) is 13.4. The van der Waals surface area contributed by atoms with E-state index in [4.69, 9.17) is 16.3 Å². The normalized spacial score (nSPS) is 21.6. The summed E-state index contributed by atoms with van der Waals surface area (Å²) in [6, 6.07) is 4.02. The van der Waals surface area contributed by atoms with E-state index in [1.165, 1.54) is 18.2 Å². The van der Waals surface area contributed by atoms with Crippen LogP contribution < -0.4 is 5.32 Å². The van der Waals surface area contributed by atoms with Gasteiger partial charge < -0.3 is 10.1 Å². The molecule has 0 aromatic heterocycles. The number of hydrogen-bond acceptors (Lipinski definition) is 4. The molecule has 0 bridgehead atoms. The topological polar surface area (TPSA) is 81.5 Å². The van der Waals surface area contributed by atoms with Gasteiger partial charge in [-0.05, 0) is 25.0 Å². The van der Waals surface area contributed by atoms with Crippen LogP contribution in [0.25, 0.3) is 0 Å². The molecule has 19 heavy (non-hydrogen) atoms. The maximum absolute atomic E-state index is 11.9. The summed E-state index contributed by atoms with van der Waals surface area (Å²) in [6.07, 6.45) is 1.76. The Morgan fingerprint density at radius 2 is 2.21 bits per heavy atom. The van der Waals surface area contributed by atoms with Crippen LogP contribution in [0.5, 0.6) is 0 Å². The molecule has 6 nitrogen and oxygen atoms in total. The van der Waals surface area contributed by atoms with Crippen LogP contribution in [-0.4, -0.2) is 30.1 Å². The van der Waals surface area contributed by atoms with Crippen LogP contribution in [0.15, 0.2) is 18.2 Å². The highest BCUT2D eigenvalue weighted by Crippen LogP contribution is 2.26. The first kappa shape index (κ1) is 13.8. The number of methoxy groups -OCH3 is 1. The largest absolute Gasteiger partial charge is 0.381 e. The van der Waals surface area contributed by atoms with Gasteiger partial charge in [0.25, 0.3) is 11.6 Å². The van der Waals surface area contributed by atoms with Gasteiger partial charge in [-0.3, -0.25) is 14.9 Å². The third-order valence-corrected chi connectivity index (χ3v) is 3.47. The number of nitro groups is 1. The Morgan fingerprint density at radius 1 is 1.53 bits per heavy atom. The van der Waals surface area contributed by atoms with Crippen molar-refractivity contribution in [2.45, 2.75) is 25.0 Å². The Kier molecular flexibility index (Phi) is 4.01. The SMILES string of the molecule is COC1CC(NC(=O)c2ccc([N+](=O)[O-])c(Cl)c2)C1. The van der Waals surface area contributed by atoms with Crippen molar-refractivity contribution in [2.24, 2.45) is 0 Å². The summed E-state index contributed by atoms with van der Waals surface area (Å²) < 4.78 is 5.12. The molecule has 1 aromatic carbocycles. The molecule has 0 saturated heterocycles. The number of halogens is 1. The fourth-order valence-corrected chi connectivity index (χ4v) is 2.19. The molecular formula is C12H13ClN2O4. The van der Waals surface area contributed by atoms with E-state index in [1.54, 1.807) is 7.11 Å². The van der Waals surface area contributed by atoms with Crippen molar-refractivity contribution in [3.8, 4) is 0 Å². The van der Waals surface area contributed by atoms with Crippen LogP contribution >= 0.6 is 11.6 Å². The van der Waals surface area contributed by atoms with Gasteiger partial charge in [0.05, 0.1) is 11.0 Å². The van der Waals surface area contributed by atoms with Crippen molar-refractivity contribution in [1.82, 2.24) is 5.32 Å². The smallest absolute Gasteiger partial charge is 0.287 e. The first-order chi connectivity index (χ1) is 9.01. The number of carbonyl (C=O) groups excluding carboxylic acids is 1. The highest BCUT2D eigenvalue weighted by atomic mass is 35.5. The molecule has 1 fully saturated rings. The predicted octanol–water partition coefficient (Wildman–Crippen LogP) is 2.16. The summed E-state index contributed by atoms with van der Waals surface area (Å²) in [7, 11) is 1.64. The second-order valence-corrected chi connectivity index (χ2v) is 4.83. The van der Waals surface area contributed by atoms with Gasteiger partial charge in [0.15, 0.2) is 0 Å². The van der Waals surface area contributed by atoms with Crippen LogP contribution in [0.1, 0.15) is 23.2 Å². The Morgan fingerprint density at radius 3 is 2.74 bits per heavy atom. The fourth-order valence-electron chi connectivity index (χ4n) is 1.94. The molecule has 1 saturated carbocycles. The van der Waals surface area contributed by atoms with Crippen molar-refractivity contribution in [2.75, 3.05) is 7.11 Å². The molecule has 1 aliphatic rings. The number of ether oxygens (including phenoxy) is 1. The van der Waals surface area contributed by atoms with Gasteiger partial charge >= 0.3 is 0 Å². The molecule has 0 unspecified atom stereocenters. The lowest BCUT2D eigenvalue weighted by Crippen LogP contribution is -2.47. The zero-order valence-electron chi connectivity index (χ0n) is 10.3. The van der Waals surface area contributed by atoms with E-state index in [-0.39, 0.29) is 28.8 Å². The first-order valence-electron chi connectivity index (χ1n) is 5.79. The van der Waals surface area contributed by atoms with E-state index < -0.39 is 4.92 Å². The first-order valence-corrected chi connectivity index (χ1v) is 6.16. The van der Waals surface area contributed by atoms with Gasteiger partial charge in [-0.2, -0.15) is 0 Å². The van der Waals surface area contributed by atoms with Gasteiger partial charge in [0.2, 0.25) is 0 Å². The molecule has 0 spiro atoms. The Bertz CT molecular complexity index is 514. The van der Waals surface area contributed by atoms with Gasteiger partial charge in [0, 0.05) is 24.8 Å². The summed E-state index contributed by atoms with van der Waals surface area (Å²) >= 11 is 5.76. The standard InChI is InChI=1S/C12H13ClN2O4/c1-19-9-5-8(6-9)14-12(16)7-2-3-11(15(17)18)10(13)4-7/h2-4,8-9H,5-6H2,1H3,(H,14,16). The van der Waals surface area contributed by atoms with Gasteiger partial charge in [-0.15, -0.1) is 0 Å². The second-order valence-electron chi connectivity index (χ2n) is 4.42. The maximum atomic E-state index is 11.9. The van der Waals surface area contributed by atoms with Crippen LogP contribution in [0, 0.1) is 10.1 Å². The monoisotopic (exact) mass is 284 g/mol. The molecule has 0 heterocycles. The number of nitro benzene ring substituents is 1. The van der Waals surface area contributed by atoms with Crippen molar-refractivity contribution in [3.05, 3.63) is 38.9 Å². The van der Waals surface area contributed by atoms with Crippen molar-refractivity contribution in [3.63, 3.8) is 0 Å². The lowest BCUT2D eigenvalue weighted by Gasteiger charge is -2.34. The number of nitrogens with one attached hydrogen (secondary N) is 1. The third-order valence-electron chi connectivity index (χ3n) is 3.17. The molecule has 1 N–H and O–H groups in total.